The van der Waals surface area contributed by atoms with Crippen molar-refractivity contribution in [2.24, 2.45) is 0 Å². The molecule has 0 atom stereocenters. The summed E-state index contributed by atoms with van der Waals surface area (Å²) in [5, 5.41) is 8.79. The van der Waals surface area contributed by atoms with Gasteiger partial charge >= 0.3 is 6.09 Å². The highest BCUT2D eigenvalue weighted by atomic mass is 79.9. The van der Waals surface area contributed by atoms with Gasteiger partial charge in [-0.05, 0) is 34.0 Å². The fraction of sp³-hybridized carbons (Fsp3) is 0.375. The van der Waals surface area contributed by atoms with E-state index in [-0.39, 0.29) is 0 Å². The van der Waals surface area contributed by atoms with Crippen LogP contribution in [-0.2, 0) is 13.0 Å². The first-order chi connectivity index (χ1) is 6.16. The second kappa shape index (κ2) is 3.31. The highest BCUT2D eigenvalue weighted by molar-refractivity contribution is 9.11. The molecule has 3 nitrogen and oxygen atoms in total. The van der Waals surface area contributed by atoms with Crippen LogP contribution in [0.3, 0.4) is 0 Å². The highest BCUT2D eigenvalue weighted by Crippen LogP contribution is 2.31. The normalized spacial score (nSPS) is 15.6. The minimum Gasteiger partial charge on any atom is -0.465 e. The summed E-state index contributed by atoms with van der Waals surface area (Å²) in [6, 6.07) is 2.08. The van der Waals surface area contributed by atoms with Crippen molar-refractivity contribution in [2.45, 2.75) is 13.0 Å². The van der Waals surface area contributed by atoms with Crippen LogP contribution in [-0.4, -0.2) is 22.6 Å². The lowest BCUT2D eigenvalue weighted by Crippen LogP contribution is -2.33. The summed E-state index contributed by atoms with van der Waals surface area (Å²) in [5.41, 5.74) is 1.29. The zero-order chi connectivity index (χ0) is 9.42. The molecular weight excluding hydrogens is 254 g/mol. The summed E-state index contributed by atoms with van der Waals surface area (Å²) in [6.45, 7) is 1.16. The zero-order valence-electron chi connectivity index (χ0n) is 6.79. The van der Waals surface area contributed by atoms with Gasteiger partial charge in [-0.2, -0.15) is 0 Å². The molecule has 0 fully saturated rings. The van der Waals surface area contributed by atoms with Crippen LogP contribution < -0.4 is 0 Å². The van der Waals surface area contributed by atoms with Crippen molar-refractivity contribution in [3.63, 3.8) is 0 Å². The van der Waals surface area contributed by atoms with Crippen LogP contribution in [0.5, 0.6) is 0 Å². The molecule has 0 spiro atoms. The summed E-state index contributed by atoms with van der Waals surface area (Å²) in [7, 11) is 0. The lowest BCUT2D eigenvalue weighted by Gasteiger charge is -2.23. The van der Waals surface area contributed by atoms with Crippen LogP contribution in [0.25, 0.3) is 0 Å². The maximum Gasteiger partial charge on any atom is 0.407 e. The van der Waals surface area contributed by atoms with E-state index in [4.69, 9.17) is 5.11 Å². The molecule has 0 radical (unpaired) electrons. The molecule has 0 aliphatic carbocycles. The lowest BCUT2D eigenvalue weighted by molar-refractivity contribution is 0.140. The molecular formula is C8H8BrNO2S. The molecule has 1 N–H and O–H groups in total. The van der Waals surface area contributed by atoms with E-state index in [1.807, 2.05) is 0 Å². The first-order valence-electron chi connectivity index (χ1n) is 3.92. The van der Waals surface area contributed by atoms with Gasteiger partial charge in [0.15, 0.2) is 0 Å². The van der Waals surface area contributed by atoms with Crippen LogP contribution in [0.1, 0.15) is 10.4 Å². The second-order valence-electron chi connectivity index (χ2n) is 2.95. The van der Waals surface area contributed by atoms with E-state index < -0.39 is 6.09 Å². The molecule has 2 heterocycles. The molecule has 1 aromatic rings. The summed E-state index contributed by atoms with van der Waals surface area (Å²) in [6.07, 6.45) is 0.0131. The third kappa shape index (κ3) is 1.71. The van der Waals surface area contributed by atoms with Gasteiger partial charge in [0.05, 0.1) is 10.3 Å². The van der Waals surface area contributed by atoms with E-state index >= 15 is 0 Å². The Morgan fingerprint density at radius 2 is 2.46 bits per heavy atom. The standard InChI is InChI=1S/C8H8BrNO2S/c9-7-3-5-1-2-10(8(11)12)4-6(5)13-7/h3H,1-2,4H2,(H,11,12). The number of nitrogens with zero attached hydrogens (tertiary/aromatic N) is 1. The van der Waals surface area contributed by atoms with Crippen molar-refractivity contribution in [3.05, 3.63) is 20.3 Å². The minimum absolute atomic E-state index is 0.543. The average molecular weight is 262 g/mol. The Balaban J connectivity index is 2.24. The van der Waals surface area contributed by atoms with Crippen LogP contribution in [0.2, 0.25) is 0 Å². The Kier molecular flexibility index (Phi) is 2.29. The Morgan fingerprint density at radius 3 is 3.15 bits per heavy atom. The van der Waals surface area contributed by atoms with Gasteiger partial charge < -0.3 is 10.0 Å². The molecule has 0 saturated carbocycles. The van der Waals surface area contributed by atoms with Crippen molar-refractivity contribution in [2.75, 3.05) is 6.54 Å². The SMILES string of the molecule is O=C(O)N1CCc2cc(Br)sc2C1. The van der Waals surface area contributed by atoms with Crippen LogP contribution in [0.4, 0.5) is 4.79 Å². The van der Waals surface area contributed by atoms with Gasteiger partial charge in [-0.3, -0.25) is 0 Å². The van der Waals surface area contributed by atoms with Crippen molar-refractivity contribution in [3.8, 4) is 0 Å². The Labute approximate surface area is 88.1 Å². The summed E-state index contributed by atoms with van der Waals surface area (Å²) < 4.78 is 1.09. The Hall–Kier alpha value is -0.550. The van der Waals surface area contributed by atoms with Gasteiger partial charge in [0.1, 0.15) is 0 Å². The third-order valence-electron chi connectivity index (χ3n) is 2.12. The Bertz CT molecular complexity index is 350. The van der Waals surface area contributed by atoms with Gasteiger partial charge in [0, 0.05) is 11.4 Å². The van der Waals surface area contributed by atoms with Crippen LogP contribution in [0.15, 0.2) is 9.85 Å². The molecule has 2 rings (SSSR count). The molecule has 13 heavy (non-hydrogen) atoms. The summed E-state index contributed by atoms with van der Waals surface area (Å²) >= 11 is 5.02. The number of hydrogen-bond donors (Lipinski definition) is 1. The topological polar surface area (TPSA) is 40.5 Å². The lowest BCUT2D eigenvalue weighted by atomic mass is 10.1. The molecule has 70 valence electrons. The number of hydrogen-bond acceptors (Lipinski definition) is 2. The first kappa shape index (κ1) is 9.02. The van der Waals surface area contributed by atoms with Gasteiger partial charge in [-0.15, -0.1) is 11.3 Å². The molecule has 1 amide bonds. The number of carbonyl (C=O) groups is 1. The molecule has 5 heteroatoms. The highest BCUT2D eigenvalue weighted by Gasteiger charge is 2.21. The van der Waals surface area contributed by atoms with Crippen molar-refractivity contribution in [1.82, 2.24) is 4.90 Å². The predicted molar refractivity (Wildman–Crippen MR) is 54.2 cm³/mol. The molecule has 1 aliphatic heterocycles. The number of carboxylic acid groups (broad SMARTS) is 1. The van der Waals surface area contributed by atoms with Crippen molar-refractivity contribution in [1.29, 1.82) is 0 Å². The number of fused-ring (bicyclic) bond motifs is 1. The van der Waals surface area contributed by atoms with E-state index in [0.29, 0.717) is 13.1 Å². The number of amides is 1. The molecule has 1 aromatic heterocycles. The zero-order valence-corrected chi connectivity index (χ0v) is 9.19. The van der Waals surface area contributed by atoms with Gasteiger partial charge in [0.25, 0.3) is 0 Å². The van der Waals surface area contributed by atoms with Crippen molar-refractivity contribution < 1.29 is 9.90 Å². The van der Waals surface area contributed by atoms with E-state index in [0.717, 1.165) is 10.2 Å². The summed E-state index contributed by atoms with van der Waals surface area (Å²) in [5.74, 6) is 0. The molecule has 0 bridgehead atoms. The molecule has 0 aromatic carbocycles. The molecule has 0 saturated heterocycles. The monoisotopic (exact) mass is 261 g/mol. The molecule has 0 unspecified atom stereocenters. The first-order valence-corrected chi connectivity index (χ1v) is 5.52. The smallest absolute Gasteiger partial charge is 0.407 e. The van der Waals surface area contributed by atoms with Gasteiger partial charge in [-0.1, -0.05) is 0 Å². The fourth-order valence-corrected chi connectivity index (χ4v) is 3.26. The van der Waals surface area contributed by atoms with Gasteiger partial charge in [0.2, 0.25) is 0 Å². The maximum atomic E-state index is 10.7. The van der Waals surface area contributed by atoms with E-state index in [1.54, 1.807) is 11.3 Å². The van der Waals surface area contributed by atoms with Crippen LogP contribution >= 0.6 is 27.3 Å². The van der Waals surface area contributed by atoms with Crippen molar-refractivity contribution >= 4 is 33.4 Å². The minimum atomic E-state index is -0.824. The fourth-order valence-electron chi connectivity index (χ4n) is 1.45. The number of thiophene rings is 1. The molecule has 1 aliphatic rings. The summed E-state index contributed by atoms with van der Waals surface area (Å²) in [4.78, 5) is 13.3. The maximum absolute atomic E-state index is 10.7. The van der Waals surface area contributed by atoms with E-state index in [2.05, 4.69) is 22.0 Å². The number of rotatable bonds is 0. The average Bonchev–Trinajstić information content (AvgIpc) is 2.42. The number of halogens is 1. The quantitative estimate of drug-likeness (QED) is 0.780. The Morgan fingerprint density at radius 1 is 1.69 bits per heavy atom. The second-order valence-corrected chi connectivity index (χ2v) is 5.47. The largest absolute Gasteiger partial charge is 0.465 e. The van der Waals surface area contributed by atoms with E-state index in [1.165, 1.54) is 15.3 Å². The van der Waals surface area contributed by atoms with Gasteiger partial charge in [-0.25, -0.2) is 4.79 Å². The van der Waals surface area contributed by atoms with Crippen LogP contribution in [0, 0.1) is 0 Å². The third-order valence-corrected chi connectivity index (χ3v) is 3.79. The van der Waals surface area contributed by atoms with E-state index in [9.17, 15) is 4.79 Å². The predicted octanol–water partition coefficient (Wildman–Crippen LogP) is 2.55.